The molecule has 0 saturated heterocycles. The molecule has 20 heavy (non-hydrogen) atoms. The minimum atomic E-state index is -0.388. The summed E-state index contributed by atoms with van der Waals surface area (Å²) in [5.41, 5.74) is 0.340. The Morgan fingerprint density at radius 3 is 2.95 bits per heavy atom. The first-order chi connectivity index (χ1) is 9.74. The van der Waals surface area contributed by atoms with Gasteiger partial charge in [0.25, 0.3) is 5.56 Å². The molecule has 3 aromatic rings. The van der Waals surface area contributed by atoms with Crippen molar-refractivity contribution >= 4 is 22.8 Å². The smallest absolute Gasteiger partial charge is 0.261 e. The summed E-state index contributed by atoms with van der Waals surface area (Å²) in [5, 5.41) is 9.08. The number of amides is 1. The Hall–Kier alpha value is -3.03. The molecule has 3 rings (SSSR count). The highest BCUT2D eigenvalue weighted by Gasteiger charge is 2.09. The lowest BCUT2D eigenvalue weighted by molar-refractivity contribution is -0.116. The van der Waals surface area contributed by atoms with Gasteiger partial charge in [0.05, 0.1) is 17.2 Å². The van der Waals surface area contributed by atoms with Crippen molar-refractivity contribution in [2.45, 2.75) is 6.54 Å². The number of anilines is 1. The Bertz CT molecular complexity index is 808. The predicted molar refractivity (Wildman–Crippen MR) is 71.0 cm³/mol. The second-order valence-corrected chi connectivity index (χ2v) is 4.08. The molecule has 0 aliphatic carbocycles. The lowest BCUT2D eigenvalue weighted by Crippen LogP contribution is -2.28. The van der Waals surface area contributed by atoms with Crippen molar-refractivity contribution in [2.75, 3.05) is 5.32 Å². The SMILES string of the molecule is O=C(Cn1cnc2ccccc2c1=O)Nc1ncn[nH]1. The van der Waals surface area contributed by atoms with Gasteiger partial charge in [0, 0.05) is 0 Å². The number of nitrogens with one attached hydrogen (secondary N) is 2. The second kappa shape index (κ2) is 4.92. The third-order valence-corrected chi connectivity index (χ3v) is 2.72. The first-order valence-corrected chi connectivity index (χ1v) is 5.83. The van der Waals surface area contributed by atoms with Crippen molar-refractivity contribution in [1.82, 2.24) is 24.7 Å². The zero-order chi connectivity index (χ0) is 13.9. The average Bonchev–Trinajstić information content (AvgIpc) is 2.95. The lowest BCUT2D eigenvalue weighted by atomic mass is 10.2. The van der Waals surface area contributed by atoms with Gasteiger partial charge in [-0.3, -0.25) is 19.5 Å². The van der Waals surface area contributed by atoms with Gasteiger partial charge in [0.1, 0.15) is 12.9 Å². The second-order valence-electron chi connectivity index (χ2n) is 4.08. The predicted octanol–water partition coefficient (Wildman–Crippen LogP) is 0.153. The molecule has 1 amide bonds. The van der Waals surface area contributed by atoms with E-state index in [1.54, 1.807) is 24.3 Å². The molecule has 0 bridgehead atoms. The van der Waals surface area contributed by atoms with Crippen molar-refractivity contribution in [2.24, 2.45) is 0 Å². The summed E-state index contributed by atoms with van der Waals surface area (Å²) < 4.78 is 1.24. The van der Waals surface area contributed by atoms with Gasteiger partial charge in [0.2, 0.25) is 11.9 Å². The Labute approximate surface area is 112 Å². The van der Waals surface area contributed by atoms with Crippen LogP contribution in [-0.2, 0) is 11.3 Å². The first-order valence-electron chi connectivity index (χ1n) is 5.83. The van der Waals surface area contributed by atoms with Gasteiger partial charge in [-0.15, -0.1) is 0 Å². The van der Waals surface area contributed by atoms with Crippen LogP contribution in [0.15, 0.2) is 41.7 Å². The van der Waals surface area contributed by atoms with Crippen LogP contribution in [0.2, 0.25) is 0 Å². The van der Waals surface area contributed by atoms with E-state index in [0.29, 0.717) is 10.9 Å². The largest absolute Gasteiger partial charge is 0.293 e. The summed E-state index contributed by atoms with van der Waals surface area (Å²) in [6.45, 7) is -0.142. The maximum atomic E-state index is 12.2. The van der Waals surface area contributed by atoms with E-state index in [2.05, 4.69) is 25.5 Å². The van der Waals surface area contributed by atoms with Crippen LogP contribution in [0.25, 0.3) is 10.9 Å². The van der Waals surface area contributed by atoms with Gasteiger partial charge in [0.15, 0.2) is 0 Å². The fourth-order valence-electron chi connectivity index (χ4n) is 1.81. The summed E-state index contributed by atoms with van der Waals surface area (Å²) in [5.74, 6) is -0.155. The molecule has 8 heteroatoms. The Balaban J connectivity index is 1.86. The molecule has 0 fully saturated rings. The number of rotatable bonds is 3. The van der Waals surface area contributed by atoms with E-state index in [1.165, 1.54) is 17.2 Å². The van der Waals surface area contributed by atoms with Gasteiger partial charge in [-0.2, -0.15) is 10.1 Å². The monoisotopic (exact) mass is 270 g/mol. The molecule has 1 aromatic carbocycles. The standard InChI is InChI=1S/C12H10N6O2/c19-10(16-12-13-6-15-17-12)5-18-7-14-9-4-2-1-3-8(9)11(18)20/h1-4,6-7H,5H2,(H2,13,15,16,17,19). The Morgan fingerprint density at radius 1 is 1.30 bits per heavy atom. The van der Waals surface area contributed by atoms with E-state index in [0.717, 1.165) is 0 Å². The van der Waals surface area contributed by atoms with Crippen LogP contribution in [0.4, 0.5) is 5.95 Å². The lowest BCUT2D eigenvalue weighted by Gasteiger charge is -2.06. The number of benzene rings is 1. The summed E-state index contributed by atoms with van der Waals surface area (Å²) in [6, 6.07) is 6.98. The third kappa shape index (κ3) is 2.26. The molecule has 100 valence electrons. The molecule has 0 unspecified atom stereocenters. The minimum Gasteiger partial charge on any atom is -0.293 e. The molecule has 2 aromatic heterocycles. The van der Waals surface area contributed by atoms with E-state index in [-0.39, 0.29) is 24.0 Å². The van der Waals surface area contributed by atoms with Crippen LogP contribution in [0.5, 0.6) is 0 Å². The minimum absolute atomic E-state index is 0.142. The molecule has 0 spiro atoms. The number of aromatic nitrogens is 5. The molecule has 0 radical (unpaired) electrons. The molecule has 2 N–H and O–H groups in total. The third-order valence-electron chi connectivity index (χ3n) is 2.72. The number of H-pyrrole nitrogens is 1. The van der Waals surface area contributed by atoms with Crippen LogP contribution in [-0.4, -0.2) is 30.6 Å². The molecule has 2 heterocycles. The van der Waals surface area contributed by atoms with Crippen LogP contribution >= 0.6 is 0 Å². The van der Waals surface area contributed by atoms with E-state index < -0.39 is 0 Å². The Morgan fingerprint density at radius 2 is 2.15 bits per heavy atom. The highest BCUT2D eigenvalue weighted by molar-refractivity contribution is 5.88. The van der Waals surface area contributed by atoms with Crippen molar-refractivity contribution in [3.05, 3.63) is 47.3 Å². The molecular weight excluding hydrogens is 260 g/mol. The average molecular weight is 270 g/mol. The molecular formula is C12H10N6O2. The number of nitrogens with zero attached hydrogens (tertiary/aromatic N) is 4. The number of fused-ring (bicyclic) bond motifs is 1. The summed E-state index contributed by atoms with van der Waals surface area (Å²) >= 11 is 0. The first kappa shape index (κ1) is 12.0. The van der Waals surface area contributed by atoms with E-state index >= 15 is 0 Å². The zero-order valence-corrected chi connectivity index (χ0v) is 10.3. The maximum absolute atomic E-state index is 12.2. The van der Waals surface area contributed by atoms with Gasteiger partial charge >= 0.3 is 0 Å². The summed E-state index contributed by atoms with van der Waals surface area (Å²) in [7, 11) is 0. The zero-order valence-electron chi connectivity index (χ0n) is 10.3. The van der Waals surface area contributed by atoms with Crippen LogP contribution < -0.4 is 10.9 Å². The highest BCUT2D eigenvalue weighted by Crippen LogP contribution is 2.04. The van der Waals surface area contributed by atoms with Crippen molar-refractivity contribution in [1.29, 1.82) is 0 Å². The number of carbonyl (C=O) groups excluding carboxylic acids is 1. The van der Waals surface area contributed by atoms with Gasteiger partial charge in [-0.25, -0.2) is 10.1 Å². The van der Waals surface area contributed by atoms with Crippen molar-refractivity contribution in [3.63, 3.8) is 0 Å². The van der Waals surface area contributed by atoms with Crippen LogP contribution in [0.1, 0.15) is 0 Å². The normalized spacial score (nSPS) is 10.6. The van der Waals surface area contributed by atoms with E-state index in [9.17, 15) is 9.59 Å². The van der Waals surface area contributed by atoms with E-state index in [4.69, 9.17) is 0 Å². The number of carbonyl (C=O) groups is 1. The van der Waals surface area contributed by atoms with Gasteiger partial charge in [-0.1, -0.05) is 12.1 Å². The van der Waals surface area contributed by atoms with Crippen LogP contribution in [0.3, 0.4) is 0 Å². The molecule has 0 saturated carbocycles. The number of hydrogen-bond acceptors (Lipinski definition) is 5. The Kier molecular flexibility index (Phi) is 2.96. The summed E-state index contributed by atoms with van der Waals surface area (Å²) in [4.78, 5) is 31.9. The number of aromatic amines is 1. The van der Waals surface area contributed by atoms with E-state index in [1.807, 2.05) is 0 Å². The molecule has 0 aliphatic rings. The molecule has 0 aliphatic heterocycles. The maximum Gasteiger partial charge on any atom is 0.261 e. The van der Waals surface area contributed by atoms with Crippen LogP contribution in [0, 0.1) is 0 Å². The number of hydrogen-bond donors (Lipinski definition) is 2. The number of para-hydroxylation sites is 1. The highest BCUT2D eigenvalue weighted by atomic mass is 16.2. The summed E-state index contributed by atoms with van der Waals surface area (Å²) in [6.07, 6.45) is 2.63. The van der Waals surface area contributed by atoms with Crippen molar-refractivity contribution in [3.8, 4) is 0 Å². The van der Waals surface area contributed by atoms with Gasteiger partial charge in [-0.05, 0) is 12.1 Å². The van der Waals surface area contributed by atoms with Gasteiger partial charge < -0.3 is 0 Å². The topological polar surface area (TPSA) is 106 Å². The molecule has 8 nitrogen and oxygen atoms in total. The fraction of sp³-hybridized carbons (Fsp3) is 0.0833. The quantitative estimate of drug-likeness (QED) is 0.705. The fourth-order valence-corrected chi connectivity index (χ4v) is 1.81. The molecule has 0 atom stereocenters. The van der Waals surface area contributed by atoms with Crippen molar-refractivity contribution < 1.29 is 4.79 Å².